The van der Waals surface area contributed by atoms with Crippen LogP contribution in [0.1, 0.15) is 29.6 Å². The fourth-order valence-corrected chi connectivity index (χ4v) is 2.47. The van der Waals surface area contributed by atoms with Crippen molar-refractivity contribution in [3.05, 3.63) is 109 Å². The number of benzene rings is 2. The first-order valence-corrected chi connectivity index (χ1v) is 9.99. The predicted octanol–water partition coefficient (Wildman–Crippen LogP) is 6.24. The summed E-state index contributed by atoms with van der Waals surface area (Å²) in [5.41, 5.74) is 0.225. The molecule has 0 atom stereocenters. The van der Waals surface area contributed by atoms with Crippen molar-refractivity contribution in [2.45, 2.75) is 19.3 Å². The Kier molecular flexibility index (Phi) is 11.0. The summed E-state index contributed by atoms with van der Waals surface area (Å²) in [5, 5.41) is 8.95. The van der Waals surface area contributed by atoms with E-state index in [-0.39, 0.29) is 5.56 Å². The van der Waals surface area contributed by atoms with Crippen LogP contribution in [0.25, 0.3) is 0 Å². The van der Waals surface area contributed by atoms with Crippen LogP contribution in [0.4, 0.5) is 0 Å². The molecular formula is C26H28O4. The Bertz CT molecular complexity index is 864. The molecule has 0 radical (unpaired) electrons. The quantitative estimate of drug-likeness (QED) is 0.402. The molecule has 0 amide bonds. The largest absolute Gasteiger partial charge is 0.490 e. The number of hydrogen-bond donors (Lipinski definition) is 1. The van der Waals surface area contributed by atoms with Gasteiger partial charge in [0.1, 0.15) is 24.7 Å². The van der Waals surface area contributed by atoms with Gasteiger partial charge in [-0.1, -0.05) is 72.9 Å². The molecule has 0 unspecified atom stereocenters. The molecule has 1 N–H and O–H groups in total. The van der Waals surface area contributed by atoms with Crippen LogP contribution < -0.4 is 9.47 Å². The Labute approximate surface area is 178 Å². The van der Waals surface area contributed by atoms with Gasteiger partial charge in [0.15, 0.2) is 0 Å². The summed E-state index contributed by atoms with van der Waals surface area (Å²) in [7, 11) is 0. The van der Waals surface area contributed by atoms with E-state index in [1.54, 1.807) is 18.2 Å². The molecule has 30 heavy (non-hydrogen) atoms. The first-order valence-electron chi connectivity index (χ1n) is 9.99. The van der Waals surface area contributed by atoms with Gasteiger partial charge in [-0.3, -0.25) is 0 Å². The molecule has 0 bridgehead atoms. The molecule has 156 valence electrons. The molecule has 0 saturated heterocycles. The Morgan fingerprint density at radius 1 is 0.667 bits per heavy atom. The Hall–Kier alpha value is -3.53. The van der Waals surface area contributed by atoms with Gasteiger partial charge in [-0.05, 0) is 49.6 Å². The average molecular weight is 405 g/mol. The van der Waals surface area contributed by atoms with E-state index in [9.17, 15) is 4.79 Å². The summed E-state index contributed by atoms with van der Waals surface area (Å²) in [4.78, 5) is 10.9. The lowest BCUT2D eigenvalue weighted by molar-refractivity contribution is 0.0696. The van der Waals surface area contributed by atoms with Crippen LogP contribution in [0, 0.1) is 0 Å². The van der Waals surface area contributed by atoms with Gasteiger partial charge in [0.05, 0.1) is 5.56 Å². The number of rotatable bonds is 13. The number of allylic oxidation sites excluding steroid dienone is 6. The fraction of sp³-hybridized carbons (Fsp3) is 0.192. The second kappa shape index (κ2) is 14.5. The summed E-state index contributed by atoms with van der Waals surface area (Å²) < 4.78 is 11.1. The molecule has 2 aromatic carbocycles. The van der Waals surface area contributed by atoms with Gasteiger partial charge in [-0.15, -0.1) is 0 Å². The van der Waals surface area contributed by atoms with Crippen molar-refractivity contribution in [2.24, 2.45) is 0 Å². The minimum absolute atomic E-state index is 0.225. The van der Waals surface area contributed by atoms with Crippen LogP contribution in [0.2, 0.25) is 0 Å². The Balaban J connectivity index is 1.49. The third kappa shape index (κ3) is 10.1. The maximum Gasteiger partial charge on any atom is 0.335 e. The van der Waals surface area contributed by atoms with Crippen LogP contribution in [-0.2, 0) is 0 Å². The van der Waals surface area contributed by atoms with Gasteiger partial charge in [-0.2, -0.15) is 0 Å². The molecule has 2 aromatic rings. The number of carbonyl (C=O) groups is 1. The summed E-state index contributed by atoms with van der Waals surface area (Å²) >= 11 is 0. The summed E-state index contributed by atoms with van der Waals surface area (Å²) in [6.07, 6.45) is 19.2. The van der Waals surface area contributed by atoms with E-state index in [1.165, 1.54) is 6.07 Å². The van der Waals surface area contributed by atoms with Crippen LogP contribution in [0.5, 0.6) is 11.5 Å². The molecule has 0 aromatic heterocycles. The molecule has 0 aliphatic heterocycles. The number of hydrogen-bond acceptors (Lipinski definition) is 3. The van der Waals surface area contributed by atoms with E-state index >= 15 is 0 Å². The van der Waals surface area contributed by atoms with Gasteiger partial charge in [0.2, 0.25) is 0 Å². The zero-order valence-corrected chi connectivity index (χ0v) is 17.0. The minimum Gasteiger partial charge on any atom is -0.490 e. The predicted molar refractivity (Wildman–Crippen MR) is 121 cm³/mol. The smallest absolute Gasteiger partial charge is 0.335 e. The van der Waals surface area contributed by atoms with Gasteiger partial charge in [-0.25, -0.2) is 4.79 Å². The Morgan fingerprint density at radius 2 is 1.17 bits per heavy atom. The molecule has 0 fully saturated rings. The second-order valence-corrected chi connectivity index (χ2v) is 6.36. The van der Waals surface area contributed by atoms with Crippen LogP contribution in [0.15, 0.2) is 103 Å². The van der Waals surface area contributed by atoms with E-state index < -0.39 is 5.97 Å². The maximum absolute atomic E-state index is 10.9. The van der Waals surface area contributed by atoms with E-state index in [1.807, 2.05) is 48.6 Å². The van der Waals surface area contributed by atoms with E-state index in [4.69, 9.17) is 14.6 Å². The molecule has 0 aliphatic rings. The number of aromatic carboxylic acids is 1. The second-order valence-electron chi connectivity index (χ2n) is 6.36. The highest BCUT2D eigenvalue weighted by molar-refractivity contribution is 5.87. The van der Waals surface area contributed by atoms with Crippen LogP contribution in [0.3, 0.4) is 0 Å². The van der Waals surface area contributed by atoms with Gasteiger partial charge < -0.3 is 14.6 Å². The summed E-state index contributed by atoms with van der Waals surface area (Å²) in [5.74, 6) is 0.486. The first kappa shape index (κ1) is 22.8. The van der Waals surface area contributed by atoms with Gasteiger partial charge in [0, 0.05) is 0 Å². The highest BCUT2D eigenvalue weighted by Crippen LogP contribution is 2.13. The minimum atomic E-state index is -0.955. The Morgan fingerprint density at radius 3 is 1.73 bits per heavy atom. The summed E-state index contributed by atoms with van der Waals surface area (Å²) in [6.45, 7) is 0.996. The average Bonchev–Trinajstić information content (AvgIpc) is 2.77. The lowest BCUT2D eigenvalue weighted by atomic mass is 10.2. The van der Waals surface area contributed by atoms with Crippen molar-refractivity contribution in [3.8, 4) is 11.5 Å². The maximum atomic E-state index is 10.9. The standard InChI is InChI=1S/C26H28O4/c27-26(28)23-16-15-19-25(22-23)30-21-14-9-7-5-3-1-2-4-6-8-13-20-29-24-17-11-10-12-18-24/h2-5,8-19,22H,1,6-7,20-21H2,(H,27,28). The van der Waals surface area contributed by atoms with E-state index in [2.05, 4.69) is 30.4 Å². The third-order valence-corrected chi connectivity index (χ3v) is 4.00. The van der Waals surface area contributed by atoms with Crippen molar-refractivity contribution in [1.82, 2.24) is 0 Å². The van der Waals surface area contributed by atoms with Crippen LogP contribution >= 0.6 is 0 Å². The highest BCUT2D eigenvalue weighted by atomic mass is 16.5. The van der Waals surface area contributed by atoms with Crippen molar-refractivity contribution >= 4 is 5.97 Å². The van der Waals surface area contributed by atoms with Gasteiger partial charge in [0.25, 0.3) is 0 Å². The van der Waals surface area contributed by atoms with E-state index in [0.29, 0.717) is 19.0 Å². The molecule has 4 nitrogen and oxygen atoms in total. The van der Waals surface area contributed by atoms with Gasteiger partial charge >= 0.3 is 5.97 Å². The van der Waals surface area contributed by atoms with Crippen molar-refractivity contribution in [1.29, 1.82) is 0 Å². The monoisotopic (exact) mass is 404 g/mol. The molecule has 0 heterocycles. The number of para-hydroxylation sites is 1. The normalized spacial score (nSPS) is 11.7. The molecule has 0 aliphatic carbocycles. The SMILES string of the molecule is O=C(O)c1cccc(OCC=CCC=CCC=CCC=CCOc2ccccc2)c1. The van der Waals surface area contributed by atoms with E-state index in [0.717, 1.165) is 25.0 Å². The third-order valence-electron chi connectivity index (χ3n) is 4.00. The molecule has 0 saturated carbocycles. The fourth-order valence-electron chi connectivity index (χ4n) is 2.47. The molecular weight excluding hydrogens is 376 g/mol. The molecule has 2 rings (SSSR count). The first-order chi connectivity index (χ1) is 14.8. The van der Waals surface area contributed by atoms with Crippen molar-refractivity contribution in [3.63, 3.8) is 0 Å². The lowest BCUT2D eigenvalue weighted by Gasteiger charge is -2.03. The topological polar surface area (TPSA) is 55.8 Å². The number of ether oxygens (including phenoxy) is 2. The zero-order chi connectivity index (χ0) is 21.3. The summed E-state index contributed by atoms with van der Waals surface area (Å²) in [6, 6.07) is 16.3. The molecule has 0 spiro atoms. The highest BCUT2D eigenvalue weighted by Gasteiger charge is 2.02. The molecule has 4 heteroatoms. The lowest BCUT2D eigenvalue weighted by Crippen LogP contribution is -1.98. The van der Waals surface area contributed by atoms with Crippen molar-refractivity contribution < 1.29 is 19.4 Å². The van der Waals surface area contributed by atoms with Crippen LogP contribution in [-0.4, -0.2) is 24.3 Å². The van der Waals surface area contributed by atoms with Crippen molar-refractivity contribution in [2.75, 3.05) is 13.2 Å². The number of carboxylic acid groups (broad SMARTS) is 1. The number of carboxylic acids is 1. The zero-order valence-electron chi connectivity index (χ0n) is 17.0.